The Morgan fingerprint density at radius 3 is 2.43 bits per heavy atom. The van der Waals surface area contributed by atoms with Gasteiger partial charge in [-0.25, -0.2) is 0 Å². The number of piperazine rings is 1. The summed E-state index contributed by atoms with van der Waals surface area (Å²) in [7, 11) is 2.16. The molecule has 2 aromatic rings. The van der Waals surface area contributed by atoms with Crippen LogP contribution in [-0.2, 0) is 0 Å². The fourth-order valence-corrected chi connectivity index (χ4v) is 3.55. The molecule has 0 saturated carbocycles. The fraction of sp³-hybridized carbons (Fsp3) is 0.389. The molecule has 0 bridgehead atoms. The zero-order chi connectivity index (χ0) is 16.4. The lowest BCUT2D eigenvalue weighted by molar-refractivity contribution is 0.103. The van der Waals surface area contributed by atoms with Crippen molar-refractivity contribution in [3.63, 3.8) is 0 Å². The van der Waals surface area contributed by atoms with E-state index < -0.39 is 0 Å². The summed E-state index contributed by atoms with van der Waals surface area (Å²) in [6, 6.07) is 10.1. The number of aryl methyl sites for hydroxylation is 2. The van der Waals surface area contributed by atoms with Crippen LogP contribution in [0.5, 0.6) is 0 Å². The van der Waals surface area contributed by atoms with Gasteiger partial charge in [-0.1, -0.05) is 0 Å². The van der Waals surface area contributed by atoms with Gasteiger partial charge >= 0.3 is 0 Å². The third-order valence-corrected chi connectivity index (χ3v) is 5.29. The molecule has 4 nitrogen and oxygen atoms in total. The van der Waals surface area contributed by atoms with Crippen molar-refractivity contribution in [3.8, 4) is 0 Å². The number of nitrogens with zero attached hydrogens (tertiary/aromatic N) is 2. The summed E-state index contributed by atoms with van der Waals surface area (Å²) in [6.45, 7) is 8.35. The van der Waals surface area contributed by atoms with Gasteiger partial charge in [0.15, 0.2) is 0 Å². The third-order valence-electron chi connectivity index (χ3n) is 4.29. The molecule has 0 spiro atoms. The molecule has 1 aromatic carbocycles. The Morgan fingerprint density at radius 1 is 1.09 bits per heavy atom. The smallest absolute Gasteiger partial charge is 0.265 e. The number of hydrogen-bond donors (Lipinski definition) is 1. The summed E-state index contributed by atoms with van der Waals surface area (Å²) in [6.07, 6.45) is 0. The molecule has 3 rings (SSSR count). The van der Waals surface area contributed by atoms with Crippen LogP contribution >= 0.6 is 11.3 Å². The van der Waals surface area contributed by atoms with Crippen LogP contribution in [0.25, 0.3) is 0 Å². The van der Waals surface area contributed by atoms with E-state index in [0.717, 1.165) is 47.2 Å². The van der Waals surface area contributed by atoms with Crippen molar-refractivity contribution < 1.29 is 4.79 Å². The van der Waals surface area contributed by atoms with Crippen molar-refractivity contribution in [2.75, 3.05) is 43.4 Å². The van der Waals surface area contributed by atoms with Crippen LogP contribution in [0, 0.1) is 13.8 Å². The number of benzene rings is 1. The van der Waals surface area contributed by atoms with Gasteiger partial charge < -0.3 is 15.1 Å². The Bertz CT molecular complexity index is 702. The van der Waals surface area contributed by atoms with Gasteiger partial charge in [-0.15, -0.1) is 11.3 Å². The second-order valence-corrected chi connectivity index (χ2v) is 7.44. The molecule has 1 aliphatic heterocycles. The van der Waals surface area contributed by atoms with Gasteiger partial charge in [-0.05, 0) is 56.8 Å². The molecule has 122 valence electrons. The Balaban J connectivity index is 1.71. The minimum atomic E-state index is -0.0291. The highest BCUT2D eigenvalue weighted by Crippen LogP contribution is 2.25. The standard InChI is InChI=1S/C18H23N3OS/c1-13-12-15(21-10-8-20(3)9-11-21)5-6-16(13)19-18(22)17-7-4-14(2)23-17/h4-7,12H,8-11H2,1-3H3,(H,19,22). The SMILES string of the molecule is Cc1ccc(C(=O)Nc2ccc(N3CCN(C)CC3)cc2C)s1. The molecule has 0 aliphatic carbocycles. The number of rotatable bonds is 3. The average molecular weight is 329 g/mol. The maximum Gasteiger partial charge on any atom is 0.265 e. The maximum atomic E-state index is 12.3. The van der Waals surface area contributed by atoms with E-state index in [1.807, 2.05) is 25.1 Å². The molecule has 1 saturated heterocycles. The molecular weight excluding hydrogens is 306 g/mol. The number of amides is 1. The number of likely N-dealkylation sites (N-methyl/N-ethyl adjacent to an activating group) is 1. The summed E-state index contributed by atoms with van der Waals surface area (Å²) >= 11 is 1.52. The largest absolute Gasteiger partial charge is 0.369 e. The number of anilines is 2. The van der Waals surface area contributed by atoms with Gasteiger partial charge in [0.2, 0.25) is 0 Å². The van der Waals surface area contributed by atoms with Gasteiger partial charge in [0.05, 0.1) is 4.88 Å². The third kappa shape index (κ3) is 3.74. The molecule has 0 radical (unpaired) electrons. The van der Waals surface area contributed by atoms with Gasteiger partial charge in [0, 0.05) is 42.4 Å². The number of thiophene rings is 1. The fourth-order valence-electron chi connectivity index (χ4n) is 2.79. The highest BCUT2D eigenvalue weighted by atomic mass is 32.1. The highest BCUT2D eigenvalue weighted by molar-refractivity contribution is 7.14. The summed E-state index contributed by atoms with van der Waals surface area (Å²) in [5.41, 5.74) is 3.22. The molecule has 5 heteroatoms. The van der Waals surface area contributed by atoms with Crippen LogP contribution in [0.15, 0.2) is 30.3 Å². The Labute approximate surface area is 141 Å². The lowest BCUT2D eigenvalue weighted by Gasteiger charge is -2.34. The van der Waals surface area contributed by atoms with E-state index in [1.54, 1.807) is 0 Å². The van der Waals surface area contributed by atoms with Crippen LogP contribution in [0.2, 0.25) is 0 Å². The predicted octanol–water partition coefficient (Wildman–Crippen LogP) is 3.37. The number of nitrogens with one attached hydrogen (secondary N) is 1. The van der Waals surface area contributed by atoms with Crippen molar-refractivity contribution in [1.29, 1.82) is 0 Å². The second kappa shape index (κ2) is 6.72. The van der Waals surface area contributed by atoms with Gasteiger partial charge in [0.25, 0.3) is 5.91 Å². The van der Waals surface area contributed by atoms with E-state index >= 15 is 0 Å². The Kier molecular flexibility index (Phi) is 4.68. The monoisotopic (exact) mass is 329 g/mol. The van der Waals surface area contributed by atoms with Crippen molar-refractivity contribution in [2.24, 2.45) is 0 Å². The summed E-state index contributed by atoms with van der Waals surface area (Å²) < 4.78 is 0. The molecule has 1 aromatic heterocycles. The summed E-state index contributed by atoms with van der Waals surface area (Å²) in [5, 5.41) is 3.02. The molecule has 1 N–H and O–H groups in total. The van der Waals surface area contributed by atoms with E-state index in [0.29, 0.717) is 0 Å². The zero-order valence-electron chi connectivity index (χ0n) is 13.9. The summed E-state index contributed by atoms with van der Waals surface area (Å²) in [5.74, 6) is -0.0291. The molecular formula is C18H23N3OS. The van der Waals surface area contributed by atoms with Gasteiger partial charge in [0.1, 0.15) is 0 Å². The van der Waals surface area contributed by atoms with E-state index in [-0.39, 0.29) is 5.91 Å². The molecule has 0 unspecified atom stereocenters. The first-order valence-corrected chi connectivity index (χ1v) is 8.76. The van der Waals surface area contributed by atoms with Gasteiger partial charge in [-0.3, -0.25) is 4.79 Å². The van der Waals surface area contributed by atoms with E-state index in [1.165, 1.54) is 17.0 Å². The Morgan fingerprint density at radius 2 is 1.83 bits per heavy atom. The first-order valence-electron chi connectivity index (χ1n) is 7.95. The normalized spacial score (nSPS) is 15.7. The van der Waals surface area contributed by atoms with E-state index in [2.05, 4.69) is 41.2 Å². The maximum absolute atomic E-state index is 12.3. The number of hydrogen-bond acceptors (Lipinski definition) is 4. The molecule has 23 heavy (non-hydrogen) atoms. The second-order valence-electron chi connectivity index (χ2n) is 6.15. The highest BCUT2D eigenvalue weighted by Gasteiger charge is 2.15. The molecule has 0 atom stereocenters. The van der Waals surface area contributed by atoms with Gasteiger partial charge in [-0.2, -0.15) is 0 Å². The Hall–Kier alpha value is -1.85. The zero-order valence-corrected chi connectivity index (χ0v) is 14.7. The van der Waals surface area contributed by atoms with Crippen molar-refractivity contribution in [1.82, 2.24) is 4.90 Å². The molecule has 1 aliphatic rings. The van der Waals surface area contributed by atoms with E-state index in [4.69, 9.17) is 0 Å². The van der Waals surface area contributed by atoms with Crippen LogP contribution in [0.1, 0.15) is 20.1 Å². The van der Waals surface area contributed by atoms with E-state index in [9.17, 15) is 4.79 Å². The lowest BCUT2D eigenvalue weighted by atomic mass is 10.1. The number of carbonyl (C=O) groups is 1. The topological polar surface area (TPSA) is 35.6 Å². The van der Waals surface area contributed by atoms with Crippen LogP contribution in [0.3, 0.4) is 0 Å². The van der Waals surface area contributed by atoms with Crippen molar-refractivity contribution in [2.45, 2.75) is 13.8 Å². The average Bonchev–Trinajstić information content (AvgIpc) is 2.97. The first-order chi connectivity index (χ1) is 11.0. The predicted molar refractivity (Wildman–Crippen MR) is 97.9 cm³/mol. The minimum absolute atomic E-state index is 0.0291. The van der Waals surface area contributed by atoms with Crippen molar-refractivity contribution >= 4 is 28.6 Å². The minimum Gasteiger partial charge on any atom is -0.369 e. The van der Waals surface area contributed by atoms with Crippen molar-refractivity contribution in [3.05, 3.63) is 45.6 Å². The van der Waals surface area contributed by atoms with Crippen LogP contribution in [0.4, 0.5) is 11.4 Å². The van der Waals surface area contributed by atoms with Crippen LogP contribution < -0.4 is 10.2 Å². The molecule has 1 fully saturated rings. The summed E-state index contributed by atoms with van der Waals surface area (Å²) in [4.78, 5) is 18.9. The quantitative estimate of drug-likeness (QED) is 0.938. The lowest BCUT2D eigenvalue weighted by Crippen LogP contribution is -2.44. The number of carbonyl (C=O) groups excluding carboxylic acids is 1. The molecule has 1 amide bonds. The van der Waals surface area contributed by atoms with Crippen LogP contribution in [-0.4, -0.2) is 44.0 Å². The molecule has 2 heterocycles. The first kappa shape index (κ1) is 16.0.